The van der Waals surface area contributed by atoms with E-state index in [1.54, 1.807) is 7.05 Å². The van der Waals surface area contributed by atoms with Gasteiger partial charge in [0, 0.05) is 13.1 Å². The SMILES string of the molecule is CNC(=O)C(C)NC1CCNCC1C. The van der Waals surface area contributed by atoms with E-state index >= 15 is 0 Å². The topological polar surface area (TPSA) is 53.2 Å². The normalized spacial score (nSPS) is 29.6. The van der Waals surface area contributed by atoms with Crippen molar-refractivity contribution in [1.82, 2.24) is 16.0 Å². The predicted molar refractivity (Wildman–Crippen MR) is 57.1 cm³/mol. The van der Waals surface area contributed by atoms with Crippen LogP contribution in [0.15, 0.2) is 0 Å². The third-order valence-corrected chi connectivity index (χ3v) is 2.89. The van der Waals surface area contributed by atoms with Gasteiger partial charge in [0.1, 0.15) is 0 Å². The second-order valence-electron chi connectivity index (χ2n) is 4.08. The van der Waals surface area contributed by atoms with Crippen molar-refractivity contribution >= 4 is 5.91 Å². The minimum absolute atomic E-state index is 0.0655. The van der Waals surface area contributed by atoms with E-state index in [0.717, 1.165) is 19.5 Å². The molecule has 0 radical (unpaired) electrons. The molecule has 1 fully saturated rings. The molecule has 1 aliphatic heterocycles. The zero-order valence-corrected chi connectivity index (χ0v) is 9.26. The lowest BCUT2D eigenvalue weighted by Gasteiger charge is -2.32. The Morgan fingerprint density at radius 2 is 2.29 bits per heavy atom. The molecule has 0 aliphatic carbocycles. The van der Waals surface area contributed by atoms with E-state index < -0.39 is 0 Å². The maximum Gasteiger partial charge on any atom is 0.236 e. The largest absolute Gasteiger partial charge is 0.358 e. The first-order valence-corrected chi connectivity index (χ1v) is 5.33. The Morgan fingerprint density at radius 1 is 1.57 bits per heavy atom. The van der Waals surface area contributed by atoms with Gasteiger partial charge in [-0.05, 0) is 32.4 Å². The van der Waals surface area contributed by atoms with Crippen LogP contribution in [0.1, 0.15) is 20.3 Å². The molecule has 1 amide bonds. The maximum absolute atomic E-state index is 11.3. The maximum atomic E-state index is 11.3. The second-order valence-corrected chi connectivity index (χ2v) is 4.08. The van der Waals surface area contributed by atoms with Crippen LogP contribution in [-0.4, -0.2) is 38.1 Å². The lowest BCUT2D eigenvalue weighted by Crippen LogP contribution is -2.52. The number of likely N-dealkylation sites (N-methyl/N-ethyl adjacent to an activating group) is 1. The first-order chi connectivity index (χ1) is 6.65. The van der Waals surface area contributed by atoms with Gasteiger partial charge < -0.3 is 16.0 Å². The van der Waals surface area contributed by atoms with Gasteiger partial charge in [-0.25, -0.2) is 0 Å². The van der Waals surface area contributed by atoms with Gasteiger partial charge in [-0.15, -0.1) is 0 Å². The number of nitrogens with one attached hydrogen (secondary N) is 3. The molecule has 0 aromatic carbocycles. The average molecular weight is 199 g/mol. The summed E-state index contributed by atoms with van der Waals surface area (Å²) in [4.78, 5) is 11.3. The Morgan fingerprint density at radius 3 is 2.86 bits per heavy atom. The van der Waals surface area contributed by atoms with E-state index in [0.29, 0.717) is 12.0 Å². The Hall–Kier alpha value is -0.610. The smallest absolute Gasteiger partial charge is 0.236 e. The molecule has 3 unspecified atom stereocenters. The molecular weight excluding hydrogens is 178 g/mol. The summed E-state index contributed by atoms with van der Waals surface area (Å²) >= 11 is 0. The molecule has 0 spiro atoms. The van der Waals surface area contributed by atoms with Crippen molar-refractivity contribution in [3.05, 3.63) is 0 Å². The molecule has 4 heteroatoms. The molecule has 3 atom stereocenters. The van der Waals surface area contributed by atoms with Gasteiger partial charge in [0.2, 0.25) is 5.91 Å². The van der Waals surface area contributed by atoms with Crippen LogP contribution >= 0.6 is 0 Å². The first kappa shape index (κ1) is 11.5. The summed E-state index contributed by atoms with van der Waals surface area (Å²) in [6, 6.07) is 0.370. The molecule has 0 aromatic heterocycles. The van der Waals surface area contributed by atoms with Crippen LogP contribution in [0.25, 0.3) is 0 Å². The lowest BCUT2D eigenvalue weighted by atomic mass is 9.94. The monoisotopic (exact) mass is 199 g/mol. The van der Waals surface area contributed by atoms with E-state index in [9.17, 15) is 4.79 Å². The fourth-order valence-electron chi connectivity index (χ4n) is 1.87. The van der Waals surface area contributed by atoms with Crippen LogP contribution in [-0.2, 0) is 4.79 Å². The molecule has 3 N–H and O–H groups in total. The molecule has 4 nitrogen and oxygen atoms in total. The Labute approximate surface area is 85.8 Å². The Balaban J connectivity index is 2.38. The summed E-state index contributed by atoms with van der Waals surface area (Å²) in [5.74, 6) is 0.659. The van der Waals surface area contributed by atoms with Gasteiger partial charge in [-0.3, -0.25) is 4.79 Å². The number of rotatable bonds is 3. The predicted octanol–water partition coefficient (Wildman–Crippen LogP) is -0.291. The molecule has 14 heavy (non-hydrogen) atoms. The third kappa shape index (κ3) is 2.96. The van der Waals surface area contributed by atoms with E-state index in [2.05, 4.69) is 22.9 Å². The highest BCUT2D eigenvalue weighted by Gasteiger charge is 2.23. The Kier molecular flexibility index (Phi) is 4.35. The third-order valence-electron chi connectivity index (χ3n) is 2.89. The molecule has 1 aliphatic rings. The highest BCUT2D eigenvalue weighted by Crippen LogP contribution is 2.10. The molecule has 0 aromatic rings. The van der Waals surface area contributed by atoms with Crippen molar-refractivity contribution < 1.29 is 4.79 Å². The summed E-state index contributed by atoms with van der Waals surface area (Å²) < 4.78 is 0. The van der Waals surface area contributed by atoms with Gasteiger partial charge in [0.15, 0.2) is 0 Å². The summed E-state index contributed by atoms with van der Waals surface area (Å²) in [6.07, 6.45) is 1.10. The van der Waals surface area contributed by atoms with Crippen molar-refractivity contribution in [1.29, 1.82) is 0 Å². The van der Waals surface area contributed by atoms with Crippen LogP contribution in [0.4, 0.5) is 0 Å². The Bertz CT molecular complexity index is 196. The zero-order valence-electron chi connectivity index (χ0n) is 9.26. The first-order valence-electron chi connectivity index (χ1n) is 5.33. The fraction of sp³-hybridized carbons (Fsp3) is 0.900. The van der Waals surface area contributed by atoms with Gasteiger partial charge in [0.25, 0.3) is 0 Å². The number of hydrogen-bond acceptors (Lipinski definition) is 3. The number of carbonyl (C=O) groups is 1. The van der Waals surface area contributed by atoms with Gasteiger partial charge in [-0.2, -0.15) is 0 Å². The van der Waals surface area contributed by atoms with Crippen molar-refractivity contribution in [3.8, 4) is 0 Å². The molecule has 1 rings (SSSR count). The second kappa shape index (κ2) is 5.32. The van der Waals surface area contributed by atoms with E-state index in [1.807, 2.05) is 6.92 Å². The standard InChI is InChI=1S/C10H21N3O/c1-7-6-12-5-4-9(7)13-8(2)10(14)11-3/h7-9,12-13H,4-6H2,1-3H3,(H,11,14). The number of hydrogen-bond donors (Lipinski definition) is 3. The average Bonchev–Trinajstić information content (AvgIpc) is 2.20. The number of amides is 1. The van der Waals surface area contributed by atoms with Crippen LogP contribution < -0.4 is 16.0 Å². The molecular formula is C10H21N3O. The highest BCUT2D eigenvalue weighted by atomic mass is 16.2. The lowest BCUT2D eigenvalue weighted by molar-refractivity contribution is -0.122. The molecule has 1 heterocycles. The molecule has 1 saturated heterocycles. The van der Waals surface area contributed by atoms with Crippen molar-refractivity contribution in [2.75, 3.05) is 20.1 Å². The van der Waals surface area contributed by atoms with Gasteiger partial charge in [-0.1, -0.05) is 6.92 Å². The van der Waals surface area contributed by atoms with Crippen LogP contribution in [0.3, 0.4) is 0 Å². The quantitative estimate of drug-likeness (QED) is 0.585. The van der Waals surface area contributed by atoms with Gasteiger partial charge >= 0.3 is 0 Å². The summed E-state index contributed by atoms with van der Waals surface area (Å²) in [6.45, 7) is 6.20. The van der Waals surface area contributed by atoms with E-state index in [-0.39, 0.29) is 11.9 Å². The summed E-state index contributed by atoms with van der Waals surface area (Å²) in [5.41, 5.74) is 0. The van der Waals surface area contributed by atoms with Crippen molar-refractivity contribution in [2.45, 2.75) is 32.4 Å². The van der Waals surface area contributed by atoms with Crippen LogP contribution in [0.5, 0.6) is 0 Å². The minimum Gasteiger partial charge on any atom is -0.358 e. The van der Waals surface area contributed by atoms with E-state index in [4.69, 9.17) is 0 Å². The highest BCUT2D eigenvalue weighted by molar-refractivity contribution is 5.80. The zero-order chi connectivity index (χ0) is 10.6. The van der Waals surface area contributed by atoms with E-state index in [1.165, 1.54) is 0 Å². The fourth-order valence-corrected chi connectivity index (χ4v) is 1.87. The van der Waals surface area contributed by atoms with Crippen LogP contribution in [0, 0.1) is 5.92 Å². The van der Waals surface area contributed by atoms with Crippen molar-refractivity contribution in [2.24, 2.45) is 5.92 Å². The molecule has 0 bridgehead atoms. The van der Waals surface area contributed by atoms with Crippen molar-refractivity contribution in [3.63, 3.8) is 0 Å². The number of piperidine rings is 1. The minimum atomic E-state index is -0.0921. The van der Waals surface area contributed by atoms with Crippen LogP contribution in [0.2, 0.25) is 0 Å². The van der Waals surface area contributed by atoms with Gasteiger partial charge in [0.05, 0.1) is 6.04 Å². The number of carbonyl (C=O) groups excluding carboxylic acids is 1. The molecule has 82 valence electrons. The summed E-state index contributed by atoms with van der Waals surface area (Å²) in [7, 11) is 1.67. The summed E-state index contributed by atoms with van der Waals surface area (Å²) in [5, 5.41) is 9.36. The molecule has 0 saturated carbocycles.